The molecule has 1 aliphatic heterocycles. The summed E-state index contributed by atoms with van der Waals surface area (Å²) in [4.78, 5) is 0. The number of rotatable bonds is 6. The molecule has 0 saturated heterocycles. The van der Waals surface area contributed by atoms with E-state index in [0.29, 0.717) is 23.8 Å². The number of fused-ring (bicyclic) bond motifs is 2. The van der Waals surface area contributed by atoms with Crippen molar-refractivity contribution in [1.29, 1.82) is 0 Å². The van der Waals surface area contributed by atoms with Crippen LogP contribution in [-0.4, -0.2) is 27.9 Å². The zero-order chi connectivity index (χ0) is 17.1. The normalized spacial score (nSPS) is 12.0. The molecule has 0 unspecified atom stereocenters. The number of nitrogens with two attached hydrogens (primary N) is 1. The lowest BCUT2D eigenvalue weighted by atomic mass is 9.93. The first-order chi connectivity index (χ1) is 11.7. The first-order valence-electron chi connectivity index (χ1n) is 8.04. The Morgan fingerprint density at radius 1 is 1.00 bits per heavy atom. The third kappa shape index (κ3) is 2.65. The van der Waals surface area contributed by atoms with Crippen LogP contribution in [0.2, 0.25) is 0 Å². The summed E-state index contributed by atoms with van der Waals surface area (Å²) >= 11 is 0. The minimum Gasteiger partial charge on any atom is -0.492 e. The molecule has 0 radical (unpaired) electrons. The minimum absolute atomic E-state index is 0.600. The van der Waals surface area contributed by atoms with Gasteiger partial charge in [-0.05, 0) is 31.0 Å². The summed E-state index contributed by atoms with van der Waals surface area (Å²) in [5.74, 6) is 3.59. The molecule has 2 aromatic rings. The lowest BCUT2D eigenvalue weighted by Crippen LogP contribution is -2.11. The third-order valence-corrected chi connectivity index (χ3v) is 4.30. The van der Waals surface area contributed by atoms with E-state index in [4.69, 9.17) is 24.7 Å². The van der Waals surface area contributed by atoms with Gasteiger partial charge in [-0.3, -0.25) is 0 Å². The smallest absolute Gasteiger partial charge is 0.204 e. The van der Waals surface area contributed by atoms with Crippen LogP contribution in [0.1, 0.15) is 23.1 Å². The molecular weight excluding hydrogens is 306 g/mol. The number of benzene rings is 2. The van der Waals surface area contributed by atoms with Gasteiger partial charge in [-0.1, -0.05) is 18.2 Å². The molecular formula is C19H23NO4. The molecule has 0 amide bonds. The van der Waals surface area contributed by atoms with Crippen LogP contribution in [0.4, 0.5) is 0 Å². The molecule has 1 aliphatic rings. The predicted molar refractivity (Wildman–Crippen MR) is 92.8 cm³/mol. The molecule has 5 nitrogen and oxygen atoms in total. The monoisotopic (exact) mass is 329 g/mol. The highest BCUT2D eigenvalue weighted by Crippen LogP contribution is 2.53. The summed E-state index contributed by atoms with van der Waals surface area (Å²) in [6.45, 7) is 0.600. The lowest BCUT2D eigenvalue weighted by molar-refractivity contribution is 0.313. The van der Waals surface area contributed by atoms with Crippen molar-refractivity contribution < 1.29 is 18.9 Å². The van der Waals surface area contributed by atoms with Gasteiger partial charge in [0, 0.05) is 17.5 Å². The van der Waals surface area contributed by atoms with Gasteiger partial charge in [0.05, 0.1) is 21.3 Å². The Morgan fingerprint density at radius 2 is 1.71 bits per heavy atom. The van der Waals surface area contributed by atoms with Gasteiger partial charge in [0.1, 0.15) is 11.5 Å². The maximum Gasteiger partial charge on any atom is 0.204 e. The molecule has 0 aromatic heterocycles. The van der Waals surface area contributed by atoms with Crippen molar-refractivity contribution >= 4 is 0 Å². The van der Waals surface area contributed by atoms with Crippen LogP contribution in [0, 0.1) is 0 Å². The lowest BCUT2D eigenvalue weighted by Gasteiger charge is -2.27. The highest BCUT2D eigenvalue weighted by Gasteiger charge is 2.30. The molecule has 1 heterocycles. The maximum absolute atomic E-state index is 6.23. The van der Waals surface area contributed by atoms with E-state index in [1.165, 1.54) is 0 Å². The molecule has 0 aliphatic carbocycles. The summed E-state index contributed by atoms with van der Waals surface area (Å²) < 4.78 is 23.1. The van der Waals surface area contributed by atoms with Crippen molar-refractivity contribution in [1.82, 2.24) is 0 Å². The van der Waals surface area contributed by atoms with Crippen LogP contribution >= 0.6 is 0 Å². The molecule has 24 heavy (non-hydrogen) atoms. The van der Waals surface area contributed by atoms with Gasteiger partial charge >= 0.3 is 0 Å². The topological polar surface area (TPSA) is 62.9 Å². The zero-order valence-corrected chi connectivity index (χ0v) is 14.3. The predicted octanol–water partition coefficient (Wildman–Crippen LogP) is 3.30. The van der Waals surface area contributed by atoms with Gasteiger partial charge in [0.2, 0.25) is 5.75 Å². The average molecular weight is 329 g/mol. The van der Waals surface area contributed by atoms with Gasteiger partial charge in [-0.2, -0.15) is 0 Å². The molecule has 0 spiro atoms. The number of hydrogen-bond donors (Lipinski definition) is 1. The molecule has 5 heteroatoms. The molecule has 0 atom stereocenters. The van der Waals surface area contributed by atoms with Crippen molar-refractivity contribution in [2.75, 3.05) is 27.9 Å². The standard InChI is InChI=1S/C19H23NO4/c1-21-17-13(8-6-10-20)16-14(18(22-2)19(17)23-3)11-12-7-4-5-9-15(12)24-16/h4-5,7,9H,6,8,10-11,20H2,1-3H3. The van der Waals surface area contributed by atoms with Crippen LogP contribution in [0.15, 0.2) is 24.3 Å². The molecule has 0 saturated carbocycles. The SMILES string of the molecule is COc1c(CCCN)c2c(c(OC)c1OC)Cc1ccccc1O2. The Balaban J connectivity index is 2.23. The van der Waals surface area contributed by atoms with Crippen LogP contribution in [0.25, 0.3) is 0 Å². The van der Waals surface area contributed by atoms with Crippen molar-refractivity contribution in [3.05, 3.63) is 41.0 Å². The van der Waals surface area contributed by atoms with Gasteiger partial charge in [0.15, 0.2) is 11.5 Å². The Hall–Kier alpha value is -2.40. The second-order valence-electron chi connectivity index (χ2n) is 5.66. The minimum atomic E-state index is 0.600. The van der Waals surface area contributed by atoms with E-state index >= 15 is 0 Å². The Bertz CT molecular complexity index is 743. The van der Waals surface area contributed by atoms with Gasteiger partial charge < -0.3 is 24.7 Å². The second-order valence-corrected chi connectivity index (χ2v) is 5.66. The summed E-state index contributed by atoms with van der Waals surface area (Å²) in [6.07, 6.45) is 2.32. The average Bonchev–Trinajstić information content (AvgIpc) is 2.63. The Morgan fingerprint density at radius 3 is 2.38 bits per heavy atom. The van der Waals surface area contributed by atoms with Gasteiger partial charge in [-0.15, -0.1) is 0 Å². The molecule has 128 valence electrons. The second kappa shape index (κ2) is 7.01. The summed E-state index contributed by atoms with van der Waals surface area (Å²) in [6, 6.07) is 8.03. The summed E-state index contributed by atoms with van der Waals surface area (Å²) in [5.41, 5.74) is 8.80. The first kappa shape index (κ1) is 16.5. The van der Waals surface area contributed by atoms with Crippen molar-refractivity contribution in [2.45, 2.75) is 19.3 Å². The number of ether oxygens (including phenoxy) is 4. The van der Waals surface area contributed by atoms with Crippen LogP contribution in [-0.2, 0) is 12.8 Å². The zero-order valence-electron chi connectivity index (χ0n) is 14.3. The van der Waals surface area contributed by atoms with E-state index in [1.54, 1.807) is 21.3 Å². The van der Waals surface area contributed by atoms with E-state index in [2.05, 4.69) is 6.07 Å². The van der Waals surface area contributed by atoms with Crippen LogP contribution in [0.3, 0.4) is 0 Å². The highest BCUT2D eigenvalue weighted by molar-refractivity contribution is 5.70. The molecule has 2 aromatic carbocycles. The van der Waals surface area contributed by atoms with E-state index in [1.807, 2.05) is 18.2 Å². The first-order valence-corrected chi connectivity index (χ1v) is 8.04. The fourth-order valence-electron chi connectivity index (χ4n) is 3.22. The maximum atomic E-state index is 6.23. The van der Waals surface area contributed by atoms with E-state index < -0.39 is 0 Å². The number of methoxy groups -OCH3 is 3. The molecule has 0 fully saturated rings. The molecule has 0 bridgehead atoms. The Kier molecular flexibility index (Phi) is 4.81. The van der Waals surface area contributed by atoms with Gasteiger partial charge in [-0.25, -0.2) is 0 Å². The molecule has 3 rings (SSSR count). The number of hydrogen-bond acceptors (Lipinski definition) is 5. The van der Waals surface area contributed by atoms with Gasteiger partial charge in [0.25, 0.3) is 0 Å². The fourth-order valence-corrected chi connectivity index (χ4v) is 3.22. The largest absolute Gasteiger partial charge is 0.492 e. The van der Waals surface area contributed by atoms with E-state index in [-0.39, 0.29) is 0 Å². The molecule has 2 N–H and O–H groups in total. The summed E-state index contributed by atoms with van der Waals surface area (Å²) in [5, 5.41) is 0. The third-order valence-electron chi connectivity index (χ3n) is 4.30. The van der Waals surface area contributed by atoms with E-state index in [0.717, 1.165) is 47.5 Å². The fraction of sp³-hybridized carbons (Fsp3) is 0.368. The Labute approximate surface area is 142 Å². The van der Waals surface area contributed by atoms with Crippen LogP contribution in [0.5, 0.6) is 28.7 Å². The summed E-state index contributed by atoms with van der Waals surface area (Å²) in [7, 11) is 4.89. The van der Waals surface area contributed by atoms with Crippen LogP contribution < -0.4 is 24.7 Å². The quantitative estimate of drug-likeness (QED) is 0.752. The van der Waals surface area contributed by atoms with Crippen molar-refractivity contribution in [3.63, 3.8) is 0 Å². The van der Waals surface area contributed by atoms with Crippen molar-refractivity contribution in [3.8, 4) is 28.7 Å². The van der Waals surface area contributed by atoms with E-state index in [9.17, 15) is 0 Å². The highest BCUT2D eigenvalue weighted by atomic mass is 16.5. The number of para-hydroxylation sites is 1. The van der Waals surface area contributed by atoms with Crippen molar-refractivity contribution in [2.24, 2.45) is 5.73 Å².